The number of hydrogen-bond acceptors (Lipinski definition) is 4. The molecule has 0 unspecified atom stereocenters. The Morgan fingerprint density at radius 1 is 1.30 bits per heavy atom. The molecular formula is C16H14N4O3. The van der Waals surface area contributed by atoms with Crippen LogP contribution in [0.2, 0.25) is 0 Å². The van der Waals surface area contributed by atoms with Crippen LogP contribution >= 0.6 is 0 Å². The molecule has 0 bridgehead atoms. The van der Waals surface area contributed by atoms with E-state index in [0.717, 1.165) is 5.52 Å². The molecule has 1 aromatic carbocycles. The molecule has 0 aliphatic heterocycles. The number of fused-ring (bicyclic) bond motifs is 1. The molecule has 3 aromatic rings. The van der Waals surface area contributed by atoms with E-state index in [1.54, 1.807) is 23.6 Å². The van der Waals surface area contributed by atoms with Crippen LogP contribution in [0.15, 0.2) is 48.7 Å². The van der Waals surface area contributed by atoms with E-state index >= 15 is 0 Å². The van der Waals surface area contributed by atoms with Gasteiger partial charge in [0.1, 0.15) is 0 Å². The largest absolute Gasteiger partial charge is 0.346 e. The third-order valence-electron chi connectivity index (χ3n) is 3.52. The van der Waals surface area contributed by atoms with Gasteiger partial charge in [-0.1, -0.05) is 12.1 Å². The lowest BCUT2D eigenvalue weighted by atomic mass is 10.1. The summed E-state index contributed by atoms with van der Waals surface area (Å²) < 4.78 is 1.72. The number of aromatic nitrogens is 2. The third kappa shape index (κ3) is 3.03. The molecule has 116 valence electrons. The van der Waals surface area contributed by atoms with Crippen molar-refractivity contribution in [3.63, 3.8) is 0 Å². The van der Waals surface area contributed by atoms with E-state index in [4.69, 9.17) is 0 Å². The van der Waals surface area contributed by atoms with Gasteiger partial charge in [0, 0.05) is 23.4 Å². The molecule has 7 nitrogen and oxygen atoms in total. The van der Waals surface area contributed by atoms with Gasteiger partial charge in [-0.15, -0.1) is 0 Å². The molecule has 2 heterocycles. The molecule has 0 radical (unpaired) electrons. The van der Waals surface area contributed by atoms with Crippen molar-refractivity contribution >= 4 is 17.1 Å². The van der Waals surface area contributed by atoms with Crippen molar-refractivity contribution in [2.24, 2.45) is 0 Å². The number of carbonyl (C=O) groups is 1. The molecule has 7 heteroatoms. The molecule has 0 atom stereocenters. The number of aryl methyl sites for hydroxylation is 1. The zero-order chi connectivity index (χ0) is 16.4. The van der Waals surface area contributed by atoms with Crippen LogP contribution in [0.25, 0.3) is 5.52 Å². The van der Waals surface area contributed by atoms with E-state index in [9.17, 15) is 14.9 Å². The van der Waals surface area contributed by atoms with Gasteiger partial charge in [0.05, 0.1) is 22.7 Å². The summed E-state index contributed by atoms with van der Waals surface area (Å²) in [5, 5.41) is 18.0. The van der Waals surface area contributed by atoms with Crippen LogP contribution in [0.3, 0.4) is 0 Å². The molecule has 0 spiro atoms. The normalized spacial score (nSPS) is 10.7. The summed E-state index contributed by atoms with van der Waals surface area (Å²) >= 11 is 0. The minimum Gasteiger partial charge on any atom is -0.346 e. The maximum Gasteiger partial charge on any atom is 0.273 e. The Kier molecular flexibility index (Phi) is 3.76. The molecule has 1 N–H and O–H groups in total. The number of rotatable bonds is 4. The van der Waals surface area contributed by atoms with E-state index in [2.05, 4.69) is 10.4 Å². The second-order valence-electron chi connectivity index (χ2n) is 5.15. The molecule has 0 saturated carbocycles. The molecular weight excluding hydrogens is 296 g/mol. The monoisotopic (exact) mass is 310 g/mol. The van der Waals surface area contributed by atoms with E-state index in [0.29, 0.717) is 11.3 Å². The maximum absolute atomic E-state index is 12.2. The Balaban J connectivity index is 1.74. The lowest BCUT2D eigenvalue weighted by molar-refractivity contribution is -0.385. The van der Waals surface area contributed by atoms with Crippen LogP contribution in [0, 0.1) is 17.0 Å². The van der Waals surface area contributed by atoms with Crippen molar-refractivity contribution in [1.29, 1.82) is 0 Å². The number of benzene rings is 1. The van der Waals surface area contributed by atoms with Crippen LogP contribution in [0.4, 0.5) is 5.69 Å². The van der Waals surface area contributed by atoms with Gasteiger partial charge in [-0.2, -0.15) is 5.10 Å². The Hall–Kier alpha value is -3.22. The number of hydrogen-bond donors (Lipinski definition) is 1. The van der Waals surface area contributed by atoms with Crippen LogP contribution < -0.4 is 5.32 Å². The van der Waals surface area contributed by atoms with Gasteiger partial charge < -0.3 is 5.32 Å². The molecule has 0 aliphatic rings. The van der Waals surface area contributed by atoms with Crippen LogP contribution in [-0.2, 0) is 6.54 Å². The topological polar surface area (TPSA) is 89.5 Å². The van der Waals surface area contributed by atoms with Crippen LogP contribution in [0.5, 0.6) is 0 Å². The second-order valence-corrected chi connectivity index (χ2v) is 5.15. The van der Waals surface area contributed by atoms with Crippen molar-refractivity contribution in [3.05, 3.63) is 75.6 Å². The van der Waals surface area contributed by atoms with Crippen LogP contribution in [-0.4, -0.2) is 20.4 Å². The average molecular weight is 310 g/mol. The highest BCUT2D eigenvalue weighted by Crippen LogP contribution is 2.19. The van der Waals surface area contributed by atoms with Gasteiger partial charge in [-0.05, 0) is 31.2 Å². The average Bonchev–Trinajstić information content (AvgIpc) is 2.95. The fourth-order valence-corrected chi connectivity index (χ4v) is 2.30. The second kappa shape index (κ2) is 5.88. The molecule has 0 saturated heterocycles. The molecule has 3 rings (SSSR count). The third-order valence-corrected chi connectivity index (χ3v) is 3.52. The Labute approximate surface area is 131 Å². The summed E-state index contributed by atoms with van der Waals surface area (Å²) in [5.74, 6) is -0.370. The van der Waals surface area contributed by atoms with E-state index in [-0.39, 0.29) is 23.7 Å². The molecule has 2 aromatic heterocycles. The number of nitro benzene ring substituents is 1. The highest BCUT2D eigenvalue weighted by Gasteiger charge is 2.15. The Bertz CT molecular complexity index is 868. The van der Waals surface area contributed by atoms with E-state index in [1.807, 2.05) is 30.5 Å². The van der Waals surface area contributed by atoms with Gasteiger partial charge >= 0.3 is 0 Å². The quantitative estimate of drug-likeness (QED) is 0.592. The predicted molar refractivity (Wildman–Crippen MR) is 84.2 cm³/mol. The highest BCUT2D eigenvalue weighted by atomic mass is 16.6. The highest BCUT2D eigenvalue weighted by molar-refractivity contribution is 5.94. The summed E-state index contributed by atoms with van der Waals surface area (Å²) in [7, 11) is 0. The van der Waals surface area contributed by atoms with Gasteiger partial charge in [-0.3, -0.25) is 14.9 Å². The Morgan fingerprint density at radius 3 is 2.87 bits per heavy atom. The Morgan fingerprint density at radius 2 is 2.13 bits per heavy atom. The SMILES string of the molecule is Cc1ccc(C(=O)NCc2cc3ccccn3n2)cc1[N+](=O)[O-]. The van der Waals surface area contributed by atoms with Crippen molar-refractivity contribution in [3.8, 4) is 0 Å². The number of amides is 1. The lowest BCUT2D eigenvalue weighted by Crippen LogP contribution is -2.23. The van der Waals surface area contributed by atoms with E-state index < -0.39 is 4.92 Å². The number of pyridine rings is 1. The van der Waals surface area contributed by atoms with Crippen molar-refractivity contribution < 1.29 is 9.72 Å². The fraction of sp³-hybridized carbons (Fsp3) is 0.125. The van der Waals surface area contributed by atoms with Crippen molar-refractivity contribution in [2.45, 2.75) is 13.5 Å². The smallest absolute Gasteiger partial charge is 0.273 e. The lowest BCUT2D eigenvalue weighted by Gasteiger charge is -2.04. The van der Waals surface area contributed by atoms with Crippen molar-refractivity contribution in [2.75, 3.05) is 0 Å². The fourth-order valence-electron chi connectivity index (χ4n) is 2.30. The summed E-state index contributed by atoms with van der Waals surface area (Å²) in [5.41, 5.74) is 2.36. The standard InChI is InChI=1S/C16H14N4O3/c1-11-5-6-12(8-15(11)20(22)23)16(21)17-10-13-9-14-4-2-3-7-19(14)18-13/h2-9H,10H2,1H3,(H,17,21). The molecule has 23 heavy (non-hydrogen) atoms. The first-order valence-electron chi connectivity index (χ1n) is 7.01. The summed E-state index contributed by atoms with van der Waals surface area (Å²) in [6.45, 7) is 1.89. The molecule has 0 aliphatic carbocycles. The number of carbonyl (C=O) groups excluding carboxylic acids is 1. The minimum atomic E-state index is -0.492. The molecule has 1 amide bonds. The van der Waals surface area contributed by atoms with Gasteiger partial charge in [0.2, 0.25) is 0 Å². The molecule has 0 fully saturated rings. The first-order valence-corrected chi connectivity index (χ1v) is 7.01. The van der Waals surface area contributed by atoms with Gasteiger partial charge in [0.15, 0.2) is 0 Å². The first-order chi connectivity index (χ1) is 11.0. The van der Waals surface area contributed by atoms with Crippen molar-refractivity contribution in [1.82, 2.24) is 14.9 Å². The first kappa shape index (κ1) is 14.7. The summed E-state index contributed by atoms with van der Waals surface area (Å²) in [6, 6.07) is 12.0. The number of nitrogens with one attached hydrogen (secondary N) is 1. The zero-order valence-corrected chi connectivity index (χ0v) is 12.4. The summed E-state index contributed by atoms with van der Waals surface area (Å²) in [4.78, 5) is 22.6. The zero-order valence-electron chi connectivity index (χ0n) is 12.4. The maximum atomic E-state index is 12.2. The number of nitrogens with zero attached hydrogens (tertiary/aromatic N) is 3. The predicted octanol–water partition coefficient (Wildman–Crippen LogP) is 2.48. The van der Waals surface area contributed by atoms with Gasteiger partial charge in [-0.25, -0.2) is 4.52 Å². The van der Waals surface area contributed by atoms with Crippen LogP contribution in [0.1, 0.15) is 21.6 Å². The minimum absolute atomic E-state index is 0.0645. The van der Waals surface area contributed by atoms with Gasteiger partial charge in [0.25, 0.3) is 11.6 Å². The number of nitro groups is 1. The summed E-state index contributed by atoms with van der Waals surface area (Å²) in [6.07, 6.45) is 1.82. The van der Waals surface area contributed by atoms with E-state index in [1.165, 1.54) is 6.07 Å².